The zero-order chi connectivity index (χ0) is 9.35. The molecule has 1 rings (SSSR count). The molecule has 66 valence electrons. The van der Waals surface area contributed by atoms with Crippen LogP contribution in [0.15, 0.2) is 5.10 Å². The van der Waals surface area contributed by atoms with E-state index in [4.69, 9.17) is 0 Å². The highest BCUT2D eigenvalue weighted by atomic mass is 19.4. The second-order valence-corrected chi connectivity index (χ2v) is 2.10. The van der Waals surface area contributed by atoms with E-state index < -0.39 is 30.0 Å². The number of halogens is 3. The first-order valence-electron chi connectivity index (χ1n) is 2.88. The number of nitrogens with one attached hydrogen (secondary N) is 1. The Balaban J connectivity index is 2.74. The average Bonchev–Trinajstić information content (AvgIpc) is 2.32. The van der Waals surface area contributed by atoms with E-state index in [-0.39, 0.29) is 0 Å². The van der Waals surface area contributed by atoms with E-state index >= 15 is 0 Å². The molecule has 0 aromatic rings. The van der Waals surface area contributed by atoms with Gasteiger partial charge in [0, 0.05) is 0 Å². The Bertz CT molecular complexity index is 268. The van der Waals surface area contributed by atoms with Crippen LogP contribution in [0.3, 0.4) is 0 Å². The number of hydrogen-bond acceptors (Lipinski definition) is 3. The minimum atomic E-state index is -4.95. The lowest BCUT2D eigenvalue weighted by Crippen LogP contribution is -2.30. The normalized spacial score (nSPS) is 17.2. The zero-order valence-electron chi connectivity index (χ0n) is 5.60. The van der Waals surface area contributed by atoms with Crippen LogP contribution in [-0.4, -0.2) is 23.6 Å². The van der Waals surface area contributed by atoms with Gasteiger partial charge >= 0.3 is 6.18 Å². The number of alkyl halides is 3. The van der Waals surface area contributed by atoms with Gasteiger partial charge in [0.15, 0.2) is 0 Å². The van der Waals surface area contributed by atoms with Crippen molar-refractivity contribution in [3.63, 3.8) is 0 Å². The Hall–Kier alpha value is -1.40. The molecule has 0 saturated heterocycles. The molecule has 0 unspecified atom stereocenters. The molecule has 0 saturated carbocycles. The molecule has 0 aromatic carbocycles. The Labute approximate surface area is 64.4 Å². The van der Waals surface area contributed by atoms with Gasteiger partial charge in [-0.1, -0.05) is 0 Å². The van der Waals surface area contributed by atoms with E-state index in [2.05, 4.69) is 5.10 Å². The number of Topliss-reactive ketones (excluding diaryl/α,β-unsaturated/α-hetero) is 1. The summed E-state index contributed by atoms with van der Waals surface area (Å²) >= 11 is 0. The molecule has 7 heteroatoms. The fourth-order valence-electron chi connectivity index (χ4n) is 0.656. The molecule has 12 heavy (non-hydrogen) atoms. The van der Waals surface area contributed by atoms with Crippen molar-refractivity contribution in [3.8, 4) is 0 Å². The van der Waals surface area contributed by atoms with Crippen LogP contribution < -0.4 is 5.43 Å². The van der Waals surface area contributed by atoms with Gasteiger partial charge in [-0.2, -0.15) is 18.3 Å². The van der Waals surface area contributed by atoms with E-state index in [1.807, 2.05) is 0 Å². The third kappa shape index (κ3) is 1.60. The van der Waals surface area contributed by atoms with Crippen LogP contribution in [0.4, 0.5) is 13.2 Å². The topological polar surface area (TPSA) is 58.5 Å². The van der Waals surface area contributed by atoms with Gasteiger partial charge in [-0.05, 0) is 0 Å². The summed E-state index contributed by atoms with van der Waals surface area (Å²) in [6, 6.07) is 0. The predicted molar refractivity (Wildman–Crippen MR) is 31.3 cm³/mol. The maximum absolute atomic E-state index is 11.7. The van der Waals surface area contributed by atoms with Crippen molar-refractivity contribution in [2.45, 2.75) is 12.6 Å². The Morgan fingerprint density at radius 2 is 2.08 bits per heavy atom. The lowest BCUT2D eigenvalue weighted by Gasteiger charge is -2.01. The van der Waals surface area contributed by atoms with Crippen LogP contribution in [-0.2, 0) is 9.59 Å². The van der Waals surface area contributed by atoms with E-state index in [0.717, 1.165) is 0 Å². The average molecular weight is 180 g/mol. The van der Waals surface area contributed by atoms with E-state index in [0.29, 0.717) is 0 Å². The second kappa shape index (κ2) is 2.58. The monoisotopic (exact) mass is 180 g/mol. The van der Waals surface area contributed by atoms with Crippen molar-refractivity contribution in [1.29, 1.82) is 0 Å². The first-order valence-corrected chi connectivity index (χ1v) is 2.88. The van der Waals surface area contributed by atoms with Gasteiger partial charge < -0.3 is 0 Å². The Morgan fingerprint density at radius 3 is 2.42 bits per heavy atom. The molecule has 0 atom stereocenters. The molecular formula is C5H3F3N2O2. The summed E-state index contributed by atoms with van der Waals surface area (Å²) < 4.78 is 35.0. The molecule has 0 radical (unpaired) electrons. The van der Waals surface area contributed by atoms with Crippen molar-refractivity contribution in [3.05, 3.63) is 0 Å². The molecule has 0 spiro atoms. The minimum absolute atomic E-state index is 0.599. The van der Waals surface area contributed by atoms with Crippen molar-refractivity contribution in [2.75, 3.05) is 0 Å². The number of rotatable bonds is 1. The summed E-state index contributed by atoms with van der Waals surface area (Å²) in [5.41, 5.74) is 0.966. The van der Waals surface area contributed by atoms with Gasteiger partial charge in [-0.15, -0.1) is 0 Å². The molecule has 4 nitrogen and oxygen atoms in total. The van der Waals surface area contributed by atoms with Gasteiger partial charge in [0.2, 0.25) is 5.91 Å². The molecule has 0 bridgehead atoms. The minimum Gasteiger partial charge on any atom is -0.282 e. The standard InChI is InChI=1S/C5H3F3N2O2/c6-5(7,8)4(12)2-1-3(11)10-9-2/h1H2,(H,10,11). The summed E-state index contributed by atoms with van der Waals surface area (Å²) in [7, 11) is 0. The van der Waals surface area contributed by atoms with Gasteiger partial charge in [0.25, 0.3) is 5.78 Å². The van der Waals surface area contributed by atoms with Crippen molar-refractivity contribution >= 4 is 17.4 Å². The van der Waals surface area contributed by atoms with Crippen LogP contribution in [0.5, 0.6) is 0 Å². The van der Waals surface area contributed by atoms with Crippen LogP contribution in [0.25, 0.3) is 0 Å². The largest absolute Gasteiger partial charge is 0.456 e. The van der Waals surface area contributed by atoms with Crippen molar-refractivity contribution in [1.82, 2.24) is 5.43 Å². The van der Waals surface area contributed by atoms with Crippen molar-refractivity contribution in [2.24, 2.45) is 5.10 Å². The van der Waals surface area contributed by atoms with Crippen LogP contribution in [0, 0.1) is 0 Å². The lowest BCUT2D eigenvalue weighted by molar-refractivity contribution is -0.163. The van der Waals surface area contributed by atoms with Gasteiger partial charge in [0.1, 0.15) is 5.71 Å². The highest BCUT2D eigenvalue weighted by Crippen LogP contribution is 2.18. The second-order valence-electron chi connectivity index (χ2n) is 2.10. The molecule has 1 heterocycles. The van der Waals surface area contributed by atoms with Crippen LogP contribution >= 0.6 is 0 Å². The molecule has 1 aliphatic rings. The molecule has 1 N–H and O–H groups in total. The zero-order valence-corrected chi connectivity index (χ0v) is 5.60. The molecule has 0 fully saturated rings. The molecule has 0 aliphatic carbocycles. The summed E-state index contributed by atoms with van der Waals surface area (Å²) in [5.74, 6) is -2.77. The van der Waals surface area contributed by atoms with Gasteiger partial charge in [-0.25, -0.2) is 5.43 Å². The number of carbonyl (C=O) groups excluding carboxylic acids is 2. The van der Waals surface area contributed by atoms with E-state index in [1.54, 1.807) is 5.43 Å². The summed E-state index contributed by atoms with van der Waals surface area (Å²) in [6.45, 7) is 0. The molecule has 1 aliphatic heterocycles. The summed E-state index contributed by atoms with van der Waals surface area (Å²) in [6.07, 6.45) is -5.55. The van der Waals surface area contributed by atoms with E-state index in [1.165, 1.54) is 0 Å². The van der Waals surface area contributed by atoms with Crippen molar-refractivity contribution < 1.29 is 22.8 Å². The highest BCUT2D eigenvalue weighted by molar-refractivity contribution is 6.45. The number of amides is 1. The number of nitrogens with zero attached hydrogens (tertiary/aromatic N) is 1. The molecule has 1 amide bonds. The number of carbonyl (C=O) groups is 2. The fraction of sp³-hybridized carbons (Fsp3) is 0.400. The maximum atomic E-state index is 11.7. The lowest BCUT2D eigenvalue weighted by atomic mass is 10.2. The molecule has 0 aromatic heterocycles. The smallest absolute Gasteiger partial charge is 0.282 e. The number of hydrazone groups is 1. The van der Waals surface area contributed by atoms with Crippen LogP contribution in [0.1, 0.15) is 6.42 Å². The maximum Gasteiger partial charge on any atom is 0.456 e. The van der Waals surface area contributed by atoms with E-state index in [9.17, 15) is 22.8 Å². The Morgan fingerprint density at radius 1 is 1.50 bits per heavy atom. The number of ketones is 1. The third-order valence-corrected chi connectivity index (χ3v) is 1.16. The SMILES string of the molecule is O=C1CC(C(=O)C(F)(F)F)=NN1. The summed E-state index contributed by atoms with van der Waals surface area (Å²) in [5, 5.41) is 2.93. The summed E-state index contributed by atoms with van der Waals surface area (Å²) in [4.78, 5) is 20.7. The van der Waals surface area contributed by atoms with Gasteiger partial charge in [0.05, 0.1) is 6.42 Å². The first kappa shape index (κ1) is 8.69. The quantitative estimate of drug-likeness (QED) is 0.617. The number of hydrogen-bond donors (Lipinski definition) is 1. The highest BCUT2D eigenvalue weighted by Gasteiger charge is 2.43. The predicted octanol–water partition coefficient (Wildman–Crippen LogP) is -0.00630. The third-order valence-electron chi connectivity index (χ3n) is 1.16. The molecular weight excluding hydrogens is 177 g/mol. The Kier molecular flexibility index (Phi) is 1.87. The first-order chi connectivity index (χ1) is 5.41. The van der Waals surface area contributed by atoms with Gasteiger partial charge in [-0.3, -0.25) is 9.59 Å². The fourth-order valence-corrected chi connectivity index (χ4v) is 0.656. The van der Waals surface area contributed by atoms with Crippen LogP contribution in [0.2, 0.25) is 0 Å².